The van der Waals surface area contributed by atoms with Gasteiger partial charge in [-0.1, -0.05) is 12.1 Å². The summed E-state index contributed by atoms with van der Waals surface area (Å²) in [6.07, 6.45) is 0.705. The van der Waals surface area contributed by atoms with Gasteiger partial charge in [0.2, 0.25) is 0 Å². The number of anilines is 2. The second-order valence-corrected chi connectivity index (χ2v) is 4.33. The Morgan fingerprint density at radius 3 is 2.50 bits per heavy atom. The summed E-state index contributed by atoms with van der Waals surface area (Å²) in [7, 11) is 0. The monoisotopic (exact) mass is 275 g/mol. The number of nitrogens with one attached hydrogen (secondary N) is 1. The van der Waals surface area contributed by atoms with E-state index in [-0.39, 0.29) is 11.5 Å². The lowest BCUT2D eigenvalue weighted by Crippen LogP contribution is -2.07. The van der Waals surface area contributed by atoms with Crippen LogP contribution in [0.3, 0.4) is 0 Å². The molecule has 2 aromatic carbocycles. The molecule has 0 aliphatic rings. The molecule has 0 amide bonds. The highest BCUT2D eigenvalue weighted by Crippen LogP contribution is 2.23. The van der Waals surface area contributed by atoms with Gasteiger partial charge < -0.3 is 11.1 Å². The molecule has 0 unspecified atom stereocenters. The highest BCUT2D eigenvalue weighted by molar-refractivity contribution is 5.69. The highest BCUT2D eigenvalue weighted by Gasteiger charge is 2.08. The first kappa shape index (κ1) is 13.8. The second-order valence-electron chi connectivity index (χ2n) is 4.33. The van der Waals surface area contributed by atoms with Crippen molar-refractivity contribution in [2.45, 2.75) is 6.42 Å². The fraction of sp³-hybridized carbons (Fsp3) is 0.143. The number of non-ortho nitro benzene ring substituents is 1. The number of nitro benzene ring substituents is 1. The summed E-state index contributed by atoms with van der Waals surface area (Å²) in [6, 6.07) is 10.6. The Labute approximate surface area is 115 Å². The van der Waals surface area contributed by atoms with Crippen LogP contribution in [0, 0.1) is 15.9 Å². The van der Waals surface area contributed by atoms with Gasteiger partial charge in [-0.25, -0.2) is 4.39 Å². The van der Waals surface area contributed by atoms with Gasteiger partial charge in [0.15, 0.2) is 0 Å². The molecular weight excluding hydrogens is 261 g/mol. The topological polar surface area (TPSA) is 81.2 Å². The summed E-state index contributed by atoms with van der Waals surface area (Å²) in [4.78, 5) is 10.1. The minimum Gasteiger partial charge on any atom is -0.397 e. The van der Waals surface area contributed by atoms with Crippen LogP contribution >= 0.6 is 0 Å². The third-order valence-corrected chi connectivity index (χ3v) is 2.89. The van der Waals surface area contributed by atoms with Gasteiger partial charge in [-0.05, 0) is 30.2 Å². The van der Waals surface area contributed by atoms with Crippen molar-refractivity contribution in [3.63, 3.8) is 0 Å². The second kappa shape index (κ2) is 6.01. The van der Waals surface area contributed by atoms with Crippen LogP contribution in [0.5, 0.6) is 0 Å². The van der Waals surface area contributed by atoms with E-state index in [1.54, 1.807) is 18.2 Å². The highest BCUT2D eigenvalue weighted by atomic mass is 19.1. The fourth-order valence-corrected chi connectivity index (χ4v) is 1.82. The van der Waals surface area contributed by atoms with E-state index in [1.165, 1.54) is 24.3 Å². The number of halogens is 1. The third kappa shape index (κ3) is 3.44. The average Bonchev–Trinajstić information content (AvgIpc) is 2.42. The molecular formula is C14H14FN3O2. The molecule has 0 saturated carbocycles. The van der Waals surface area contributed by atoms with Crippen molar-refractivity contribution < 1.29 is 9.31 Å². The van der Waals surface area contributed by atoms with Crippen LogP contribution in [-0.2, 0) is 6.42 Å². The van der Waals surface area contributed by atoms with Crippen molar-refractivity contribution >= 4 is 17.1 Å². The van der Waals surface area contributed by atoms with Gasteiger partial charge in [-0.15, -0.1) is 0 Å². The maximum absolute atomic E-state index is 12.7. The lowest BCUT2D eigenvalue weighted by atomic mass is 10.1. The SMILES string of the molecule is Nc1cc([N+](=O)[O-])ccc1NCCc1ccc(F)cc1. The lowest BCUT2D eigenvalue weighted by molar-refractivity contribution is -0.384. The molecule has 2 rings (SSSR count). The van der Waals surface area contributed by atoms with Gasteiger partial charge >= 0.3 is 0 Å². The molecule has 0 aromatic heterocycles. The number of hydrogen-bond acceptors (Lipinski definition) is 4. The van der Waals surface area contributed by atoms with Crippen molar-refractivity contribution in [1.82, 2.24) is 0 Å². The number of nitro groups is 1. The van der Waals surface area contributed by atoms with Crippen molar-refractivity contribution in [2.75, 3.05) is 17.6 Å². The van der Waals surface area contributed by atoms with E-state index in [0.29, 0.717) is 24.3 Å². The Bertz CT molecular complexity index is 614. The summed E-state index contributed by atoms with van der Waals surface area (Å²) in [5.74, 6) is -0.263. The van der Waals surface area contributed by atoms with E-state index in [9.17, 15) is 14.5 Å². The zero-order valence-corrected chi connectivity index (χ0v) is 10.7. The molecule has 0 bridgehead atoms. The standard InChI is InChI=1S/C14H14FN3O2/c15-11-3-1-10(2-4-11)7-8-17-14-6-5-12(18(19)20)9-13(14)16/h1-6,9,17H,7-8,16H2. The molecule has 0 radical (unpaired) electrons. The van der Waals surface area contributed by atoms with Crippen LogP contribution in [0.25, 0.3) is 0 Å². The van der Waals surface area contributed by atoms with Gasteiger partial charge in [0, 0.05) is 18.7 Å². The van der Waals surface area contributed by atoms with Crippen molar-refractivity contribution in [3.05, 3.63) is 64.0 Å². The van der Waals surface area contributed by atoms with Gasteiger partial charge in [0.25, 0.3) is 5.69 Å². The Kier molecular flexibility index (Phi) is 4.14. The van der Waals surface area contributed by atoms with Crippen molar-refractivity contribution in [2.24, 2.45) is 0 Å². The van der Waals surface area contributed by atoms with Crippen LogP contribution in [-0.4, -0.2) is 11.5 Å². The molecule has 0 heterocycles. The van der Waals surface area contributed by atoms with Crippen LogP contribution < -0.4 is 11.1 Å². The van der Waals surface area contributed by atoms with Crippen molar-refractivity contribution in [1.29, 1.82) is 0 Å². The first-order valence-corrected chi connectivity index (χ1v) is 6.08. The summed E-state index contributed by atoms with van der Waals surface area (Å²) in [6.45, 7) is 0.605. The molecule has 0 fully saturated rings. The molecule has 0 saturated heterocycles. The van der Waals surface area contributed by atoms with Gasteiger partial charge in [0.05, 0.1) is 16.3 Å². The molecule has 0 atom stereocenters. The zero-order valence-electron chi connectivity index (χ0n) is 10.7. The van der Waals surface area contributed by atoms with Gasteiger partial charge in [-0.2, -0.15) is 0 Å². The Hall–Kier alpha value is -2.63. The van der Waals surface area contributed by atoms with Gasteiger partial charge in [-0.3, -0.25) is 10.1 Å². The van der Waals surface area contributed by atoms with Crippen LogP contribution in [0.15, 0.2) is 42.5 Å². The Morgan fingerprint density at radius 1 is 1.20 bits per heavy atom. The van der Waals surface area contributed by atoms with E-state index in [1.807, 2.05) is 0 Å². The molecule has 2 aromatic rings. The quantitative estimate of drug-likeness (QED) is 0.499. The normalized spacial score (nSPS) is 10.2. The number of nitrogen functional groups attached to an aromatic ring is 1. The van der Waals surface area contributed by atoms with E-state index in [0.717, 1.165) is 5.56 Å². The summed E-state index contributed by atoms with van der Waals surface area (Å²) in [5.41, 5.74) is 7.69. The molecule has 104 valence electrons. The smallest absolute Gasteiger partial charge is 0.271 e. The average molecular weight is 275 g/mol. The number of benzene rings is 2. The summed E-state index contributed by atoms with van der Waals surface area (Å²) >= 11 is 0. The summed E-state index contributed by atoms with van der Waals surface area (Å²) in [5, 5.41) is 13.7. The number of nitrogens with two attached hydrogens (primary N) is 1. The minimum atomic E-state index is -0.487. The number of rotatable bonds is 5. The maximum Gasteiger partial charge on any atom is 0.271 e. The van der Waals surface area contributed by atoms with Crippen LogP contribution in [0.2, 0.25) is 0 Å². The number of nitrogens with zero attached hydrogens (tertiary/aromatic N) is 1. The van der Waals surface area contributed by atoms with E-state index in [2.05, 4.69) is 5.32 Å². The van der Waals surface area contributed by atoms with E-state index in [4.69, 9.17) is 5.73 Å². The molecule has 3 N–H and O–H groups in total. The van der Waals surface area contributed by atoms with Crippen LogP contribution in [0.4, 0.5) is 21.5 Å². The molecule has 5 nitrogen and oxygen atoms in total. The predicted molar refractivity (Wildman–Crippen MR) is 76.1 cm³/mol. The maximum atomic E-state index is 12.7. The minimum absolute atomic E-state index is 0.0356. The van der Waals surface area contributed by atoms with E-state index >= 15 is 0 Å². The molecule has 0 spiro atoms. The Balaban J connectivity index is 1.94. The molecule has 6 heteroatoms. The first-order chi connectivity index (χ1) is 9.56. The first-order valence-electron chi connectivity index (χ1n) is 6.08. The Morgan fingerprint density at radius 2 is 1.90 bits per heavy atom. The molecule has 0 aliphatic heterocycles. The van der Waals surface area contributed by atoms with Gasteiger partial charge in [0.1, 0.15) is 5.82 Å². The predicted octanol–water partition coefficient (Wildman–Crippen LogP) is 2.97. The third-order valence-electron chi connectivity index (χ3n) is 2.89. The largest absolute Gasteiger partial charge is 0.397 e. The fourth-order valence-electron chi connectivity index (χ4n) is 1.82. The van der Waals surface area contributed by atoms with E-state index < -0.39 is 4.92 Å². The zero-order chi connectivity index (χ0) is 14.5. The summed E-state index contributed by atoms with van der Waals surface area (Å²) < 4.78 is 12.7. The molecule has 20 heavy (non-hydrogen) atoms. The van der Waals surface area contributed by atoms with Crippen molar-refractivity contribution in [3.8, 4) is 0 Å². The lowest BCUT2D eigenvalue weighted by Gasteiger charge is -2.09. The number of hydrogen-bond donors (Lipinski definition) is 2. The molecule has 0 aliphatic carbocycles. The van der Waals surface area contributed by atoms with Crippen LogP contribution in [0.1, 0.15) is 5.56 Å².